The van der Waals surface area contributed by atoms with Crippen molar-refractivity contribution in [1.29, 1.82) is 0 Å². The zero-order chi connectivity index (χ0) is 20.4. The molecule has 5 nitrogen and oxygen atoms in total. The SMILES string of the molecule is CC(C)OC(=O)CCCCCCC/C=C/CCCCCCCCS(=O)(=O)O. The predicted molar refractivity (Wildman–Crippen MR) is 111 cm³/mol. The lowest BCUT2D eigenvalue weighted by molar-refractivity contribution is -0.147. The molecule has 0 aliphatic heterocycles. The summed E-state index contributed by atoms with van der Waals surface area (Å²) in [6.45, 7) is 3.76. The van der Waals surface area contributed by atoms with E-state index in [9.17, 15) is 13.2 Å². The maximum atomic E-state index is 11.4. The van der Waals surface area contributed by atoms with Crippen LogP contribution in [0.4, 0.5) is 0 Å². The average molecular weight is 405 g/mol. The summed E-state index contributed by atoms with van der Waals surface area (Å²) in [5, 5.41) is 0. The first-order valence-corrected chi connectivity index (χ1v) is 12.2. The standard InChI is InChI=1S/C21H40O5S/c1-20(2)26-21(22)18-16-14-12-10-8-6-4-3-5-7-9-11-13-15-17-19-27(23,24)25/h3-4,20H,5-19H2,1-2H3,(H,23,24,25)/b4-3+. The molecular weight excluding hydrogens is 364 g/mol. The van der Waals surface area contributed by atoms with Gasteiger partial charge in [0.2, 0.25) is 0 Å². The fraction of sp³-hybridized carbons (Fsp3) is 0.857. The molecule has 0 spiro atoms. The molecule has 160 valence electrons. The number of rotatable bonds is 18. The second kappa shape index (κ2) is 17.2. The number of esters is 1. The van der Waals surface area contributed by atoms with Crippen LogP contribution in [0.1, 0.15) is 104 Å². The summed E-state index contributed by atoms with van der Waals surface area (Å²) in [4.78, 5) is 11.4. The van der Waals surface area contributed by atoms with E-state index in [-0.39, 0.29) is 17.8 Å². The van der Waals surface area contributed by atoms with Crippen molar-refractivity contribution in [3.8, 4) is 0 Å². The van der Waals surface area contributed by atoms with Gasteiger partial charge in [0.15, 0.2) is 0 Å². The third kappa shape index (κ3) is 23.1. The van der Waals surface area contributed by atoms with Crippen molar-refractivity contribution in [2.45, 2.75) is 110 Å². The molecule has 6 heteroatoms. The van der Waals surface area contributed by atoms with Gasteiger partial charge in [0.25, 0.3) is 10.1 Å². The number of ether oxygens (including phenoxy) is 1. The van der Waals surface area contributed by atoms with Crippen molar-refractivity contribution in [2.24, 2.45) is 0 Å². The van der Waals surface area contributed by atoms with Gasteiger partial charge >= 0.3 is 5.97 Å². The van der Waals surface area contributed by atoms with Gasteiger partial charge in [-0.2, -0.15) is 8.42 Å². The van der Waals surface area contributed by atoms with Crippen LogP contribution in [0.15, 0.2) is 12.2 Å². The molecule has 0 bridgehead atoms. The van der Waals surface area contributed by atoms with Gasteiger partial charge < -0.3 is 4.74 Å². The van der Waals surface area contributed by atoms with Crippen LogP contribution in [0.2, 0.25) is 0 Å². The first kappa shape index (κ1) is 26.1. The molecule has 0 saturated carbocycles. The minimum atomic E-state index is -3.78. The van der Waals surface area contributed by atoms with Crippen molar-refractivity contribution in [3.05, 3.63) is 12.2 Å². The molecule has 0 amide bonds. The first-order valence-electron chi connectivity index (χ1n) is 10.6. The molecule has 27 heavy (non-hydrogen) atoms. The van der Waals surface area contributed by atoms with Gasteiger partial charge in [-0.05, 0) is 52.4 Å². The molecule has 0 fully saturated rings. The van der Waals surface area contributed by atoms with Crippen LogP contribution >= 0.6 is 0 Å². The van der Waals surface area contributed by atoms with Crippen LogP contribution in [0, 0.1) is 0 Å². The molecule has 0 heterocycles. The van der Waals surface area contributed by atoms with E-state index in [0.717, 1.165) is 44.9 Å². The molecule has 0 aromatic carbocycles. The highest BCUT2D eigenvalue weighted by Gasteiger charge is 2.04. The molecule has 0 aliphatic carbocycles. The fourth-order valence-corrected chi connectivity index (χ4v) is 3.44. The lowest BCUT2D eigenvalue weighted by Gasteiger charge is -2.07. The van der Waals surface area contributed by atoms with Gasteiger partial charge in [-0.3, -0.25) is 9.35 Å². The van der Waals surface area contributed by atoms with Gasteiger partial charge in [0.1, 0.15) is 0 Å². The van der Waals surface area contributed by atoms with Crippen LogP contribution in [-0.4, -0.2) is 30.8 Å². The van der Waals surface area contributed by atoms with Crippen molar-refractivity contribution >= 4 is 16.1 Å². The number of carbonyl (C=O) groups is 1. The van der Waals surface area contributed by atoms with Crippen LogP contribution in [0.5, 0.6) is 0 Å². The third-order valence-corrected chi connectivity index (χ3v) is 5.11. The van der Waals surface area contributed by atoms with E-state index in [1.165, 1.54) is 32.1 Å². The normalized spacial score (nSPS) is 12.1. The number of hydrogen-bond donors (Lipinski definition) is 1. The Kier molecular flexibility index (Phi) is 16.7. The van der Waals surface area contributed by atoms with E-state index >= 15 is 0 Å². The monoisotopic (exact) mass is 404 g/mol. The van der Waals surface area contributed by atoms with E-state index < -0.39 is 10.1 Å². The van der Waals surface area contributed by atoms with Crippen molar-refractivity contribution in [3.63, 3.8) is 0 Å². The highest BCUT2D eigenvalue weighted by Crippen LogP contribution is 2.10. The van der Waals surface area contributed by atoms with Crippen molar-refractivity contribution in [2.75, 3.05) is 5.75 Å². The molecule has 0 unspecified atom stereocenters. The Balaban J connectivity index is 3.24. The minimum absolute atomic E-state index is 0.0118. The van der Waals surface area contributed by atoms with Gasteiger partial charge in [-0.1, -0.05) is 57.1 Å². The summed E-state index contributed by atoms with van der Waals surface area (Å²) >= 11 is 0. The highest BCUT2D eigenvalue weighted by atomic mass is 32.2. The van der Waals surface area contributed by atoms with Gasteiger partial charge in [-0.15, -0.1) is 0 Å². The molecule has 1 N–H and O–H groups in total. The Morgan fingerprint density at radius 2 is 1.26 bits per heavy atom. The molecular formula is C21H40O5S. The van der Waals surface area contributed by atoms with Crippen LogP contribution in [0.25, 0.3) is 0 Å². The summed E-state index contributed by atoms with van der Waals surface area (Å²) in [6.07, 6.45) is 18.9. The largest absolute Gasteiger partial charge is 0.463 e. The summed E-state index contributed by atoms with van der Waals surface area (Å²) in [5.74, 6) is -0.188. The number of carbonyl (C=O) groups excluding carboxylic acids is 1. The molecule has 0 radical (unpaired) electrons. The summed E-state index contributed by atoms with van der Waals surface area (Å²) in [7, 11) is -3.78. The van der Waals surface area contributed by atoms with Gasteiger partial charge in [0, 0.05) is 6.42 Å². The smallest absolute Gasteiger partial charge is 0.306 e. The quantitative estimate of drug-likeness (QED) is 0.134. The molecule has 0 aromatic rings. The Labute approximate surface area is 166 Å². The average Bonchev–Trinajstić information content (AvgIpc) is 2.56. The first-order chi connectivity index (χ1) is 12.8. The maximum Gasteiger partial charge on any atom is 0.306 e. The van der Waals surface area contributed by atoms with Crippen molar-refractivity contribution < 1.29 is 22.5 Å². The number of unbranched alkanes of at least 4 members (excludes halogenated alkanes) is 11. The zero-order valence-corrected chi connectivity index (χ0v) is 18.1. The Morgan fingerprint density at radius 1 is 0.815 bits per heavy atom. The van der Waals surface area contributed by atoms with E-state index in [1.54, 1.807) is 0 Å². The molecule has 0 rings (SSSR count). The molecule has 0 saturated heterocycles. The van der Waals surface area contributed by atoms with Crippen LogP contribution in [-0.2, 0) is 19.6 Å². The fourth-order valence-electron chi connectivity index (χ4n) is 2.87. The highest BCUT2D eigenvalue weighted by molar-refractivity contribution is 7.85. The third-order valence-electron chi connectivity index (χ3n) is 4.31. The predicted octanol–water partition coefficient (Wildman–Crippen LogP) is 5.84. The van der Waals surface area contributed by atoms with E-state index in [4.69, 9.17) is 9.29 Å². The molecule has 0 aromatic heterocycles. The van der Waals surface area contributed by atoms with Crippen LogP contribution in [0.3, 0.4) is 0 Å². The Morgan fingerprint density at radius 3 is 1.74 bits per heavy atom. The van der Waals surface area contributed by atoms with E-state index in [2.05, 4.69) is 12.2 Å². The van der Waals surface area contributed by atoms with Crippen molar-refractivity contribution in [1.82, 2.24) is 0 Å². The summed E-state index contributed by atoms with van der Waals surface area (Å²) in [6, 6.07) is 0. The van der Waals surface area contributed by atoms with E-state index in [0.29, 0.717) is 12.8 Å². The van der Waals surface area contributed by atoms with Gasteiger partial charge in [-0.25, -0.2) is 0 Å². The summed E-state index contributed by atoms with van der Waals surface area (Å²) < 4.78 is 34.9. The second-order valence-corrected chi connectivity index (χ2v) is 9.08. The lowest BCUT2D eigenvalue weighted by atomic mass is 10.1. The Bertz CT molecular complexity index is 483. The topological polar surface area (TPSA) is 80.7 Å². The number of hydrogen-bond acceptors (Lipinski definition) is 4. The summed E-state index contributed by atoms with van der Waals surface area (Å²) in [5.41, 5.74) is 0. The zero-order valence-electron chi connectivity index (χ0n) is 17.3. The van der Waals surface area contributed by atoms with Crippen LogP contribution < -0.4 is 0 Å². The van der Waals surface area contributed by atoms with E-state index in [1.807, 2.05) is 13.8 Å². The second-order valence-electron chi connectivity index (χ2n) is 7.51. The maximum absolute atomic E-state index is 11.4. The molecule has 0 atom stereocenters. The van der Waals surface area contributed by atoms with Gasteiger partial charge in [0.05, 0.1) is 11.9 Å². The molecule has 0 aliphatic rings. The minimum Gasteiger partial charge on any atom is -0.463 e. The lowest BCUT2D eigenvalue weighted by Crippen LogP contribution is -2.10. The number of allylic oxidation sites excluding steroid dienone is 2. The Hall–Kier alpha value is -0.880.